The maximum Gasteiger partial charge on any atom is 0.238 e. The Kier molecular flexibility index (Phi) is 3.93. The quantitative estimate of drug-likeness (QED) is 0.735. The molecule has 0 aliphatic rings. The molecule has 3 aromatic rings. The van der Waals surface area contributed by atoms with Gasteiger partial charge < -0.3 is 5.11 Å². The van der Waals surface area contributed by atoms with Gasteiger partial charge in [0.25, 0.3) is 0 Å². The normalized spacial score (nSPS) is 11.6. The van der Waals surface area contributed by atoms with Gasteiger partial charge in [-0.2, -0.15) is 9.49 Å². The molecule has 0 radical (unpaired) electrons. The molecule has 0 saturated heterocycles. The highest BCUT2D eigenvalue weighted by atomic mass is 32.2. The number of benzene rings is 1. The fourth-order valence-corrected chi connectivity index (χ4v) is 3.52. The Morgan fingerprint density at radius 1 is 1.13 bits per heavy atom. The molecule has 118 valence electrons. The molecule has 8 heteroatoms. The molecule has 0 unspecified atom stereocenters. The fraction of sp³-hybridized carbons (Fsp3) is 0.0667. The highest BCUT2D eigenvalue weighted by Gasteiger charge is 2.25. The van der Waals surface area contributed by atoms with Crippen LogP contribution in [0.25, 0.3) is 5.69 Å². The Morgan fingerprint density at radius 3 is 2.52 bits per heavy atom. The van der Waals surface area contributed by atoms with Crippen LogP contribution in [0.4, 0.5) is 4.39 Å². The van der Waals surface area contributed by atoms with Crippen LogP contribution in [0, 0.1) is 5.95 Å². The third-order valence-corrected chi connectivity index (χ3v) is 4.92. The number of aliphatic hydroxyl groups is 1. The van der Waals surface area contributed by atoms with Gasteiger partial charge in [0, 0.05) is 12.3 Å². The van der Waals surface area contributed by atoms with Crippen molar-refractivity contribution in [1.29, 1.82) is 0 Å². The topological polar surface area (TPSA) is 85.1 Å². The Morgan fingerprint density at radius 2 is 1.87 bits per heavy atom. The maximum atomic E-state index is 13.9. The maximum absolute atomic E-state index is 13.9. The lowest BCUT2D eigenvalue weighted by Crippen LogP contribution is -2.11. The number of rotatable bonds is 4. The molecule has 0 spiro atoms. The number of pyridine rings is 1. The lowest BCUT2D eigenvalue weighted by atomic mass is 10.4. The first-order valence-electron chi connectivity index (χ1n) is 6.65. The molecule has 0 aliphatic carbocycles. The van der Waals surface area contributed by atoms with Crippen LogP contribution >= 0.6 is 0 Å². The molecular weight excluding hydrogens is 321 g/mol. The number of sulfone groups is 1. The second-order valence-electron chi connectivity index (χ2n) is 4.67. The summed E-state index contributed by atoms with van der Waals surface area (Å²) in [5, 5.41) is 13.0. The molecular formula is C15H12FN3O3S. The van der Waals surface area contributed by atoms with E-state index in [1.54, 1.807) is 18.2 Å². The van der Waals surface area contributed by atoms with Crippen molar-refractivity contribution >= 4 is 9.84 Å². The number of aromatic nitrogens is 3. The van der Waals surface area contributed by atoms with Gasteiger partial charge in [-0.1, -0.05) is 18.2 Å². The minimum Gasteiger partial charge on any atom is -0.390 e. The zero-order chi connectivity index (χ0) is 16.4. The second kappa shape index (κ2) is 5.90. The number of nitrogens with zero attached hydrogens (tertiary/aromatic N) is 3. The number of hydrogen-bond acceptors (Lipinski definition) is 5. The Labute approximate surface area is 131 Å². The summed E-state index contributed by atoms with van der Waals surface area (Å²) in [5.41, 5.74) is 0.00413. The molecule has 1 aromatic carbocycles. The van der Waals surface area contributed by atoms with Crippen molar-refractivity contribution < 1.29 is 17.9 Å². The van der Waals surface area contributed by atoms with Gasteiger partial charge >= 0.3 is 0 Å². The zero-order valence-corrected chi connectivity index (χ0v) is 12.6. The highest BCUT2D eigenvalue weighted by Crippen LogP contribution is 2.25. The predicted molar refractivity (Wildman–Crippen MR) is 79.1 cm³/mol. The molecule has 0 bridgehead atoms. The summed E-state index contributed by atoms with van der Waals surface area (Å²) >= 11 is 0. The monoisotopic (exact) mass is 333 g/mol. The van der Waals surface area contributed by atoms with Gasteiger partial charge in [-0.15, -0.1) is 0 Å². The van der Waals surface area contributed by atoms with E-state index in [-0.39, 0.29) is 21.3 Å². The van der Waals surface area contributed by atoms with Crippen molar-refractivity contribution in [3.05, 3.63) is 66.4 Å². The van der Waals surface area contributed by atoms with Gasteiger partial charge in [0.05, 0.1) is 17.2 Å². The van der Waals surface area contributed by atoms with Gasteiger partial charge in [0.15, 0.2) is 5.03 Å². The molecule has 0 atom stereocenters. The number of aliphatic hydroxyl groups excluding tert-OH is 1. The molecule has 6 nitrogen and oxygen atoms in total. The van der Waals surface area contributed by atoms with E-state index in [0.717, 1.165) is 4.68 Å². The van der Waals surface area contributed by atoms with E-state index >= 15 is 0 Å². The summed E-state index contributed by atoms with van der Waals surface area (Å²) < 4.78 is 40.4. The average Bonchev–Trinajstić information content (AvgIpc) is 3.01. The largest absolute Gasteiger partial charge is 0.390 e. The van der Waals surface area contributed by atoms with E-state index in [0.29, 0.717) is 0 Å². The van der Waals surface area contributed by atoms with Gasteiger partial charge in [0.2, 0.25) is 15.8 Å². The molecule has 2 aromatic heterocycles. The standard InChI is InChI=1S/C15H12FN3O3S/c16-15-13(7-4-8-17-15)19-14(9-11(10-20)18-19)23(21,22)12-5-2-1-3-6-12/h1-9,20H,10H2. The molecule has 1 N–H and O–H groups in total. The van der Waals surface area contributed by atoms with Gasteiger partial charge in [-0.25, -0.2) is 18.1 Å². The van der Waals surface area contributed by atoms with Crippen molar-refractivity contribution in [3.63, 3.8) is 0 Å². The lowest BCUT2D eigenvalue weighted by Gasteiger charge is -2.08. The van der Waals surface area contributed by atoms with E-state index in [2.05, 4.69) is 10.1 Å². The molecule has 2 heterocycles. The minimum atomic E-state index is -3.93. The van der Waals surface area contributed by atoms with Crippen molar-refractivity contribution in [2.24, 2.45) is 0 Å². The van der Waals surface area contributed by atoms with Crippen molar-refractivity contribution in [2.45, 2.75) is 16.5 Å². The molecule has 3 rings (SSSR count). The summed E-state index contributed by atoms with van der Waals surface area (Å²) in [7, 11) is -3.93. The average molecular weight is 333 g/mol. The summed E-state index contributed by atoms with van der Waals surface area (Å²) in [6.07, 6.45) is 1.25. The van der Waals surface area contributed by atoms with Crippen LogP contribution in [0.3, 0.4) is 0 Å². The summed E-state index contributed by atoms with van der Waals surface area (Å²) in [4.78, 5) is 3.55. The third-order valence-electron chi connectivity index (χ3n) is 3.19. The smallest absolute Gasteiger partial charge is 0.238 e. The van der Waals surface area contributed by atoms with Crippen LogP contribution in [0.15, 0.2) is 64.6 Å². The first kappa shape index (κ1) is 15.3. The Balaban J connectivity index is 2.25. The SMILES string of the molecule is O=S(=O)(c1ccccc1)c1cc(CO)nn1-c1cccnc1F. The van der Waals surface area contributed by atoms with E-state index in [9.17, 15) is 17.9 Å². The highest BCUT2D eigenvalue weighted by molar-refractivity contribution is 7.91. The molecule has 0 amide bonds. The summed E-state index contributed by atoms with van der Waals surface area (Å²) in [6, 6.07) is 11.8. The number of hydrogen-bond donors (Lipinski definition) is 1. The van der Waals surface area contributed by atoms with Gasteiger partial charge in [-0.3, -0.25) is 0 Å². The Bertz CT molecular complexity index is 940. The van der Waals surface area contributed by atoms with Gasteiger partial charge in [0.1, 0.15) is 5.69 Å². The molecule has 23 heavy (non-hydrogen) atoms. The van der Waals surface area contributed by atoms with E-state index in [4.69, 9.17) is 0 Å². The fourth-order valence-electron chi connectivity index (χ4n) is 2.11. The predicted octanol–water partition coefficient (Wildman–Crippen LogP) is 1.73. The van der Waals surface area contributed by atoms with Crippen LogP contribution in [0.2, 0.25) is 0 Å². The van der Waals surface area contributed by atoms with Gasteiger partial charge in [-0.05, 0) is 24.3 Å². The lowest BCUT2D eigenvalue weighted by molar-refractivity contribution is 0.276. The van der Waals surface area contributed by atoms with E-state index in [1.165, 1.54) is 36.5 Å². The third kappa shape index (κ3) is 2.73. The van der Waals surface area contributed by atoms with Crippen molar-refractivity contribution in [2.75, 3.05) is 0 Å². The van der Waals surface area contributed by atoms with Crippen LogP contribution in [0.5, 0.6) is 0 Å². The number of halogens is 1. The summed E-state index contributed by atoms with van der Waals surface area (Å²) in [6.45, 7) is -0.466. The van der Waals surface area contributed by atoms with Crippen LogP contribution in [0.1, 0.15) is 5.69 Å². The van der Waals surface area contributed by atoms with Crippen LogP contribution < -0.4 is 0 Å². The van der Waals surface area contributed by atoms with E-state index in [1.807, 2.05) is 0 Å². The molecule has 0 aliphatic heterocycles. The van der Waals surface area contributed by atoms with Crippen molar-refractivity contribution in [1.82, 2.24) is 14.8 Å². The Hall–Kier alpha value is -2.58. The zero-order valence-electron chi connectivity index (χ0n) is 11.8. The molecule has 0 fully saturated rings. The molecule has 0 saturated carbocycles. The van der Waals surface area contributed by atoms with Crippen LogP contribution in [-0.2, 0) is 16.4 Å². The second-order valence-corrected chi connectivity index (χ2v) is 6.57. The van der Waals surface area contributed by atoms with Crippen LogP contribution in [-0.4, -0.2) is 28.3 Å². The first-order valence-corrected chi connectivity index (χ1v) is 8.13. The summed E-state index contributed by atoms with van der Waals surface area (Å²) in [5.74, 6) is -0.857. The minimum absolute atomic E-state index is 0.0509. The van der Waals surface area contributed by atoms with Crippen molar-refractivity contribution in [3.8, 4) is 5.69 Å². The van der Waals surface area contributed by atoms with E-state index < -0.39 is 22.4 Å². The first-order chi connectivity index (χ1) is 11.0.